The molecule has 0 aliphatic carbocycles. The van der Waals surface area contributed by atoms with Crippen molar-refractivity contribution in [3.05, 3.63) is 63.6 Å². The molecule has 1 atom stereocenters. The molecule has 0 radical (unpaired) electrons. The summed E-state index contributed by atoms with van der Waals surface area (Å²) in [6, 6.07) is 11.7. The number of carbonyl (C=O) groups excluding carboxylic acids is 1. The van der Waals surface area contributed by atoms with Crippen LogP contribution in [0.5, 0.6) is 5.75 Å². The van der Waals surface area contributed by atoms with Crippen LogP contribution in [-0.4, -0.2) is 26.4 Å². The highest BCUT2D eigenvalue weighted by Gasteiger charge is 2.20. The zero-order valence-electron chi connectivity index (χ0n) is 16.2. The van der Waals surface area contributed by atoms with E-state index in [2.05, 4.69) is 31.4 Å². The van der Waals surface area contributed by atoms with Crippen LogP contribution in [0, 0.1) is 5.82 Å². The van der Waals surface area contributed by atoms with Gasteiger partial charge in [-0.25, -0.2) is 4.39 Å². The molecule has 3 aromatic rings. The first-order chi connectivity index (χ1) is 14.4. The van der Waals surface area contributed by atoms with Crippen molar-refractivity contribution >= 4 is 50.9 Å². The Morgan fingerprint density at radius 2 is 2.10 bits per heavy atom. The number of carbonyl (C=O) groups is 1. The summed E-state index contributed by atoms with van der Waals surface area (Å²) < 4.78 is 22.3. The topological polar surface area (TPSA) is 69.0 Å². The zero-order valence-corrected chi connectivity index (χ0v) is 19.4. The Kier molecular flexibility index (Phi) is 7.74. The molecule has 10 heteroatoms. The smallest absolute Gasteiger partial charge is 0.234 e. The van der Waals surface area contributed by atoms with Crippen LogP contribution in [0.4, 0.5) is 10.1 Å². The van der Waals surface area contributed by atoms with Crippen molar-refractivity contribution in [3.63, 3.8) is 0 Å². The highest BCUT2D eigenvalue weighted by Crippen LogP contribution is 2.29. The largest absolute Gasteiger partial charge is 0.481 e. The van der Waals surface area contributed by atoms with E-state index < -0.39 is 11.9 Å². The maximum atomic E-state index is 13.9. The molecule has 0 saturated heterocycles. The van der Waals surface area contributed by atoms with Crippen LogP contribution < -0.4 is 10.1 Å². The van der Waals surface area contributed by atoms with Crippen molar-refractivity contribution < 1.29 is 13.9 Å². The van der Waals surface area contributed by atoms with Gasteiger partial charge in [0.2, 0.25) is 5.91 Å². The van der Waals surface area contributed by atoms with E-state index in [1.54, 1.807) is 18.2 Å². The molecule has 2 aromatic carbocycles. The van der Waals surface area contributed by atoms with E-state index in [-0.39, 0.29) is 17.3 Å². The van der Waals surface area contributed by atoms with Crippen LogP contribution in [0.3, 0.4) is 0 Å². The standard InChI is InChI=1S/C20H19BrClFN4O2S/c1-3-27-19(12(2)29-17-7-5-4-6-14(17)22)25-26-20(27)30-11-18(28)24-16-9-8-13(21)10-15(16)23/h4-10,12H,3,11H2,1-2H3,(H,24,28). The second-order valence-corrected chi connectivity index (χ2v) is 8.50. The van der Waals surface area contributed by atoms with E-state index in [4.69, 9.17) is 16.3 Å². The van der Waals surface area contributed by atoms with Gasteiger partial charge < -0.3 is 14.6 Å². The first kappa shape index (κ1) is 22.6. The summed E-state index contributed by atoms with van der Waals surface area (Å²) in [5, 5.41) is 12.1. The molecular formula is C20H19BrClFN4O2S. The Balaban J connectivity index is 1.65. The van der Waals surface area contributed by atoms with Gasteiger partial charge in [0, 0.05) is 11.0 Å². The van der Waals surface area contributed by atoms with E-state index in [1.165, 1.54) is 23.9 Å². The SMILES string of the molecule is CCn1c(SCC(=O)Nc2ccc(Br)cc2F)nnc1C(C)Oc1ccccc1Cl. The number of ether oxygens (including phenoxy) is 1. The third-order valence-corrected chi connectivity index (χ3v) is 5.88. The lowest BCUT2D eigenvalue weighted by molar-refractivity contribution is -0.113. The number of nitrogens with one attached hydrogen (secondary N) is 1. The number of thioether (sulfide) groups is 1. The fourth-order valence-corrected chi connectivity index (χ4v) is 4.02. The number of aromatic nitrogens is 3. The number of nitrogens with zero attached hydrogens (tertiary/aromatic N) is 3. The third-order valence-electron chi connectivity index (χ3n) is 4.10. The summed E-state index contributed by atoms with van der Waals surface area (Å²) in [5.41, 5.74) is 0.128. The van der Waals surface area contributed by atoms with E-state index in [1.807, 2.05) is 30.5 Å². The number of hydrogen-bond donors (Lipinski definition) is 1. The van der Waals surface area contributed by atoms with E-state index in [9.17, 15) is 9.18 Å². The lowest BCUT2D eigenvalue weighted by Gasteiger charge is -2.16. The van der Waals surface area contributed by atoms with Crippen molar-refractivity contribution in [1.82, 2.24) is 14.8 Å². The second kappa shape index (κ2) is 10.3. The predicted octanol–water partition coefficient (Wildman–Crippen LogP) is 5.72. The monoisotopic (exact) mass is 512 g/mol. The van der Waals surface area contributed by atoms with Crippen molar-refractivity contribution in [2.75, 3.05) is 11.1 Å². The molecule has 0 aliphatic heterocycles. The Morgan fingerprint density at radius 1 is 1.33 bits per heavy atom. The summed E-state index contributed by atoms with van der Waals surface area (Å²) in [7, 11) is 0. The van der Waals surface area contributed by atoms with Gasteiger partial charge >= 0.3 is 0 Å². The average Bonchev–Trinajstić information content (AvgIpc) is 3.13. The van der Waals surface area contributed by atoms with Gasteiger partial charge in [0.25, 0.3) is 0 Å². The van der Waals surface area contributed by atoms with Crippen LogP contribution in [0.25, 0.3) is 0 Å². The Morgan fingerprint density at radius 3 is 2.80 bits per heavy atom. The number of para-hydroxylation sites is 1. The lowest BCUT2D eigenvalue weighted by atomic mass is 10.3. The average molecular weight is 514 g/mol. The van der Waals surface area contributed by atoms with Crippen molar-refractivity contribution in [3.8, 4) is 5.75 Å². The van der Waals surface area contributed by atoms with Crippen LogP contribution in [0.1, 0.15) is 25.8 Å². The van der Waals surface area contributed by atoms with Crippen molar-refractivity contribution in [2.45, 2.75) is 31.7 Å². The van der Waals surface area contributed by atoms with Crippen LogP contribution in [-0.2, 0) is 11.3 Å². The summed E-state index contributed by atoms with van der Waals surface area (Å²) in [6.07, 6.45) is -0.391. The second-order valence-electron chi connectivity index (χ2n) is 6.24. The minimum atomic E-state index is -0.507. The number of halogens is 3. The molecule has 3 rings (SSSR count). The van der Waals surface area contributed by atoms with Gasteiger partial charge in [-0.05, 0) is 44.2 Å². The lowest BCUT2D eigenvalue weighted by Crippen LogP contribution is -2.16. The molecule has 0 aliphatic rings. The number of amides is 1. The normalized spacial score (nSPS) is 11.9. The molecule has 1 heterocycles. The number of benzene rings is 2. The molecule has 1 aromatic heterocycles. The fourth-order valence-electron chi connectivity index (χ4n) is 2.70. The summed E-state index contributed by atoms with van der Waals surface area (Å²) in [4.78, 5) is 12.2. The number of rotatable bonds is 8. The van der Waals surface area contributed by atoms with Gasteiger partial charge in [0.05, 0.1) is 16.5 Å². The zero-order chi connectivity index (χ0) is 21.7. The van der Waals surface area contributed by atoms with Gasteiger partial charge in [0.15, 0.2) is 17.1 Å². The number of hydrogen-bond acceptors (Lipinski definition) is 5. The van der Waals surface area contributed by atoms with E-state index in [0.717, 1.165) is 0 Å². The molecule has 0 fully saturated rings. The minimum absolute atomic E-state index is 0.0629. The molecule has 1 unspecified atom stereocenters. The molecule has 30 heavy (non-hydrogen) atoms. The predicted molar refractivity (Wildman–Crippen MR) is 120 cm³/mol. The molecule has 6 nitrogen and oxygen atoms in total. The maximum Gasteiger partial charge on any atom is 0.234 e. The van der Waals surface area contributed by atoms with Crippen molar-refractivity contribution in [2.24, 2.45) is 0 Å². The van der Waals surface area contributed by atoms with Gasteiger partial charge in [-0.2, -0.15) is 0 Å². The quantitative estimate of drug-likeness (QED) is 0.390. The Labute approximate surface area is 191 Å². The van der Waals surface area contributed by atoms with E-state index >= 15 is 0 Å². The van der Waals surface area contributed by atoms with Crippen LogP contribution in [0.15, 0.2) is 52.1 Å². The molecule has 158 valence electrons. The Bertz CT molecular complexity index is 1050. The van der Waals surface area contributed by atoms with E-state index in [0.29, 0.717) is 32.8 Å². The van der Waals surface area contributed by atoms with Crippen molar-refractivity contribution in [1.29, 1.82) is 0 Å². The van der Waals surface area contributed by atoms with Crippen LogP contribution in [0.2, 0.25) is 5.02 Å². The molecule has 0 bridgehead atoms. The van der Waals surface area contributed by atoms with Gasteiger partial charge in [-0.3, -0.25) is 4.79 Å². The highest BCUT2D eigenvalue weighted by atomic mass is 79.9. The highest BCUT2D eigenvalue weighted by molar-refractivity contribution is 9.10. The summed E-state index contributed by atoms with van der Waals surface area (Å²) in [5.74, 6) is 0.399. The molecular weight excluding hydrogens is 495 g/mol. The van der Waals surface area contributed by atoms with Crippen LogP contribution >= 0.6 is 39.3 Å². The minimum Gasteiger partial charge on any atom is -0.481 e. The first-order valence-electron chi connectivity index (χ1n) is 9.11. The number of anilines is 1. The fraction of sp³-hybridized carbons (Fsp3) is 0.250. The van der Waals surface area contributed by atoms with Gasteiger partial charge in [-0.1, -0.05) is 51.4 Å². The molecule has 1 amide bonds. The summed E-state index contributed by atoms with van der Waals surface area (Å²) in [6.45, 7) is 4.41. The van der Waals surface area contributed by atoms with Gasteiger partial charge in [0.1, 0.15) is 11.6 Å². The van der Waals surface area contributed by atoms with Gasteiger partial charge in [-0.15, -0.1) is 10.2 Å². The summed E-state index contributed by atoms with van der Waals surface area (Å²) >= 11 is 10.6. The molecule has 0 spiro atoms. The molecule has 0 saturated carbocycles. The first-order valence-corrected chi connectivity index (χ1v) is 11.3. The molecule has 1 N–H and O–H groups in total. The Hall–Kier alpha value is -2.10. The maximum absolute atomic E-state index is 13.9. The third kappa shape index (κ3) is 5.53.